The minimum atomic E-state index is -0.945. The molecule has 0 spiro atoms. The quantitative estimate of drug-likeness (QED) is 0.697. The highest BCUT2D eigenvalue weighted by molar-refractivity contribution is 6.10. The second-order valence-electron chi connectivity index (χ2n) is 7.77. The van der Waals surface area contributed by atoms with Crippen LogP contribution in [0.5, 0.6) is 0 Å². The standard InChI is InChI=1S/C23H24N4O4/c28-20(14-19-22(30)25-18-9-5-4-8-17(18)21(29)26-19)24-16-10-12-27(13-11-16)23(31)15-6-2-1-3-7-15/h1-9,16,19H,10-14H2,(H,24,28)(H,25,30)(H,26,29). The average Bonchev–Trinajstić information content (AvgIpc) is 2.90. The van der Waals surface area contributed by atoms with Crippen LogP contribution in [0.1, 0.15) is 40.0 Å². The summed E-state index contributed by atoms with van der Waals surface area (Å²) in [5.41, 5.74) is 1.46. The van der Waals surface area contributed by atoms with Crippen LogP contribution in [0, 0.1) is 0 Å². The van der Waals surface area contributed by atoms with Gasteiger partial charge in [0.1, 0.15) is 6.04 Å². The molecule has 4 rings (SSSR count). The molecule has 0 aromatic heterocycles. The third-order valence-electron chi connectivity index (χ3n) is 5.61. The van der Waals surface area contributed by atoms with Crippen LogP contribution in [-0.2, 0) is 9.59 Å². The molecule has 1 unspecified atom stereocenters. The van der Waals surface area contributed by atoms with Crippen LogP contribution in [0.4, 0.5) is 5.69 Å². The number of nitrogens with one attached hydrogen (secondary N) is 3. The summed E-state index contributed by atoms with van der Waals surface area (Å²) < 4.78 is 0. The second-order valence-corrected chi connectivity index (χ2v) is 7.77. The number of anilines is 1. The Labute approximate surface area is 180 Å². The molecule has 160 valence electrons. The molecule has 0 saturated carbocycles. The van der Waals surface area contributed by atoms with Crippen molar-refractivity contribution in [2.24, 2.45) is 0 Å². The molecule has 2 aromatic rings. The van der Waals surface area contributed by atoms with Crippen molar-refractivity contribution in [1.29, 1.82) is 0 Å². The van der Waals surface area contributed by atoms with Gasteiger partial charge in [-0.25, -0.2) is 0 Å². The molecular weight excluding hydrogens is 396 g/mol. The van der Waals surface area contributed by atoms with Crippen LogP contribution in [0.15, 0.2) is 54.6 Å². The molecule has 1 fully saturated rings. The summed E-state index contributed by atoms with van der Waals surface area (Å²) in [7, 11) is 0. The Balaban J connectivity index is 1.28. The Morgan fingerprint density at radius 1 is 0.968 bits per heavy atom. The number of para-hydroxylation sites is 1. The fourth-order valence-electron chi connectivity index (χ4n) is 3.92. The number of rotatable bonds is 4. The Morgan fingerprint density at radius 2 is 1.65 bits per heavy atom. The van der Waals surface area contributed by atoms with Gasteiger partial charge in [0.25, 0.3) is 11.8 Å². The number of hydrogen-bond acceptors (Lipinski definition) is 4. The number of benzene rings is 2. The number of nitrogens with zero attached hydrogens (tertiary/aromatic N) is 1. The Kier molecular flexibility index (Phi) is 5.97. The fraction of sp³-hybridized carbons (Fsp3) is 0.304. The summed E-state index contributed by atoms with van der Waals surface area (Å²) in [6.07, 6.45) is 1.13. The minimum absolute atomic E-state index is 0.0113. The van der Waals surface area contributed by atoms with Crippen LogP contribution in [-0.4, -0.2) is 53.7 Å². The predicted octanol–water partition coefficient (Wildman–Crippen LogP) is 1.55. The van der Waals surface area contributed by atoms with E-state index in [1.165, 1.54) is 0 Å². The molecule has 0 aliphatic carbocycles. The van der Waals surface area contributed by atoms with E-state index >= 15 is 0 Å². The van der Waals surface area contributed by atoms with Gasteiger partial charge in [0.15, 0.2) is 0 Å². The molecule has 0 radical (unpaired) electrons. The molecule has 2 aliphatic rings. The van der Waals surface area contributed by atoms with Gasteiger partial charge in [0, 0.05) is 24.7 Å². The third-order valence-corrected chi connectivity index (χ3v) is 5.61. The first-order valence-corrected chi connectivity index (χ1v) is 10.4. The van der Waals surface area contributed by atoms with Crippen molar-refractivity contribution >= 4 is 29.3 Å². The molecule has 1 saturated heterocycles. The topological polar surface area (TPSA) is 108 Å². The monoisotopic (exact) mass is 420 g/mol. The van der Waals surface area contributed by atoms with Gasteiger partial charge in [0.2, 0.25) is 11.8 Å². The van der Waals surface area contributed by atoms with E-state index in [0.29, 0.717) is 42.7 Å². The minimum Gasteiger partial charge on any atom is -0.353 e. The zero-order chi connectivity index (χ0) is 21.8. The van der Waals surface area contributed by atoms with E-state index < -0.39 is 11.9 Å². The normalized spacial score (nSPS) is 19.0. The van der Waals surface area contributed by atoms with Gasteiger partial charge in [-0.05, 0) is 37.1 Å². The lowest BCUT2D eigenvalue weighted by Gasteiger charge is -2.32. The van der Waals surface area contributed by atoms with E-state index in [1.54, 1.807) is 41.3 Å². The average molecular weight is 420 g/mol. The maximum absolute atomic E-state index is 12.5. The Bertz CT molecular complexity index is 1000. The van der Waals surface area contributed by atoms with E-state index in [9.17, 15) is 19.2 Å². The molecule has 0 bridgehead atoms. The highest BCUT2D eigenvalue weighted by atomic mass is 16.2. The molecule has 8 nitrogen and oxygen atoms in total. The van der Waals surface area contributed by atoms with E-state index in [2.05, 4.69) is 16.0 Å². The summed E-state index contributed by atoms with van der Waals surface area (Å²) in [5, 5.41) is 8.26. The van der Waals surface area contributed by atoms with E-state index in [4.69, 9.17) is 0 Å². The number of carbonyl (C=O) groups excluding carboxylic acids is 4. The summed E-state index contributed by atoms with van der Waals surface area (Å²) in [6.45, 7) is 1.10. The summed E-state index contributed by atoms with van der Waals surface area (Å²) in [5.74, 6) is -1.13. The lowest BCUT2D eigenvalue weighted by molar-refractivity contribution is -0.126. The summed E-state index contributed by atoms with van der Waals surface area (Å²) in [6, 6.07) is 14.8. The maximum Gasteiger partial charge on any atom is 0.254 e. The van der Waals surface area contributed by atoms with Crippen LogP contribution in [0.3, 0.4) is 0 Å². The summed E-state index contributed by atoms with van der Waals surface area (Å²) >= 11 is 0. The van der Waals surface area contributed by atoms with E-state index in [0.717, 1.165) is 0 Å². The van der Waals surface area contributed by atoms with Crippen molar-refractivity contribution in [3.63, 3.8) is 0 Å². The predicted molar refractivity (Wildman–Crippen MR) is 114 cm³/mol. The van der Waals surface area contributed by atoms with Crippen LogP contribution in [0.25, 0.3) is 0 Å². The van der Waals surface area contributed by atoms with Gasteiger partial charge >= 0.3 is 0 Å². The first-order valence-electron chi connectivity index (χ1n) is 10.4. The van der Waals surface area contributed by atoms with Gasteiger partial charge < -0.3 is 20.9 Å². The molecule has 31 heavy (non-hydrogen) atoms. The number of hydrogen-bond donors (Lipinski definition) is 3. The third kappa shape index (κ3) is 4.74. The summed E-state index contributed by atoms with van der Waals surface area (Å²) in [4.78, 5) is 51.7. The van der Waals surface area contributed by atoms with Crippen molar-refractivity contribution in [2.45, 2.75) is 31.3 Å². The molecule has 4 amide bonds. The molecule has 2 heterocycles. The lowest BCUT2D eigenvalue weighted by Crippen LogP contribution is -2.49. The highest BCUT2D eigenvalue weighted by Gasteiger charge is 2.31. The van der Waals surface area contributed by atoms with Gasteiger partial charge in [0.05, 0.1) is 17.7 Å². The number of amides is 4. The maximum atomic E-state index is 12.5. The fourth-order valence-corrected chi connectivity index (χ4v) is 3.92. The van der Waals surface area contributed by atoms with Crippen molar-refractivity contribution < 1.29 is 19.2 Å². The Morgan fingerprint density at radius 3 is 2.39 bits per heavy atom. The SMILES string of the molecule is O=C(CC1NC(=O)c2ccccc2NC1=O)NC1CCN(C(=O)c2ccccc2)CC1. The number of carbonyl (C=O) groups is 4. The lowest BCUT2D eigenvalue weighted by atomic mass is 10.0. The van der Waals surface area contributed by atoms with Gasteiger partial charge in [-0.2, -0.15) is 0 Å². The number of likely N-dealkylation sites (tertiary alicyclic amines) is 1. The first kappa shape index (κ1) is 20.6. The van der Waals surface area contributed by atoms with Crippen LogP contribution in [0.2, 0.25) is 0 Å². The van der Waals surface area contributed by atoms with Gasteiger partial charge in [-0.1, -0.05) is 30.3 Å². The van der Waals surface area contributed by atoms with E-state index in [-0.39, 0.29) is 30.2 Å². The molecule has 2 aromatic carbocycles. The number of piperidine rings is 1. The number of fused-ring (bicyclic) bond motifs is 1. The van der Waals surface area contributed by atoms with Crippen LogP contribution < -0.4 is 16.0 Å². The molecule has 2 aliphatic heterocycles. The van der Waals surface area contributed by atoms with E-state index in [1.807, 2.05) is 18.2 Å². The largest absolute Gasteiger partial charge is 0.353 e. The van der Waals surface area contributed by atoms with Crippen molar-refractivity contribution in [2.75, 3.05) is 18.4 Å². The zero-order valence-electron chi connectivity index (χ0n) is 17.0. The second kappa shape index (κ2) is 8.99. The zero-order valence-corrected chi connectivity index (χ0v) is 17.0. The van der Waals surface area contributed by atoms with Crippen molar-refractivity contribution in [1.82, 2.24) is 15.5 Å². The van der Waals surface area contributed by atoms with Crippen LogP contribution >= 0.6 is 0 Å². The molecule has 1 atom stereocenters. The molecule has 8 heteroatoms. The van der Waals surface area contributed by atoms with Crippen molar-refractivity contribution in [3.05, 3.63) is 65.7 Å². The van der Waals surface area contributed by atoms with Gasteiger partial charge in [-0.15, -0.1) is 0 Å². The molecular formula is C23H24N4O4. The van der Waals surface area contributed by atoms with Gasteiger partial charge in [-0.3, -0.25) is 19.2 Å². The Hall–Kier alpha value is -3.68. The smallest absolute Gasteiger partial charge is 0.254 e. The highest BCUT2D eigenvalue weighted by Crippen LogP contribution is 2.19. The molecule has 3 N–H and O–H groups in total. The van der Waals surface area contributed by atoms with Crippen molar-refractivity contribution in [3.8, 4) is 0 Å². The first-order chi connectivity index (χ1) is 15.0.